The van der Waals surface area contributed by atoms with Crippen molar-refractivity contribution in [3.05, 3.63) is 0 Å². The number of carboxylic acids is 1. The van der Waals surface area contributed by atoms with E-state index in [-0.39, 0.29) is 6.61 Å². The van der Waals surface area contributed by atoms with Crippen LogP contribution in [0.3, 0.4) is 0 Å². The van der Waals surface area contributed by atoms with Crippen LogP contribution in [0.5, 0.6) is 0 Å². The van der Waals surface area contributed by atoms with Crippen LogP contribution in [0, 0.1) is 0 Å². The summed E-state index contributed by atoms with van der Waals surface area (Å²) < 4.78 is 0. The summed E-state index contributed by atoms with van der Waals surface area (Å²) in [7, 11) is 0. The Morgan fingerprint density at radius 2 is 1.90 bits per heavy atom. The van der Waals surface area contributed by atoms with Crippen LogP contribution in [0.2, 0.25) is 0 Å². The Bertz CT molecular complexity index is 85.7. The molecular formula is C5H13NO4. The zero-order valence-electron chi connectivity index (χ0n) is 5.82. The number of aliphatic carboxylic acids is 1. The van der Waals surface area contributed by atoms with E-state index >= 15 is 0 Å². The molecule has 5 heteroatoms. The lowest BCUT2D eigenvalue weighted by atomic mass is 10.3. The maximum atomic E-state index is 9.65. The molecule has 0 heterocycles. The number of nitrogens with two attached hydrogens (primary N) is 1. The summed E-state index contributed by atoms with van der Waals surface area (Å²) in [6, 6.07) is -1.13. The normalized spacial score (nSPS) is 11.2. The molecule has 0 bridgehead atoms. The van der Waals surface area contributed by atoms with Gasteiger partial charge in [-0.25, -0.2) is 0 Å². The number of rotatable bonds is 2. The molecule has 0 fully saturated rings. The van der Waals surface area contributed by atoms with Gasteiger partial charge in [0.05, 0.1) is 6.61 Å². The number of hydrogen-bond acceptors (Lipinski definition) is 4. The second-order valence-corrected chi connectivity index (χ2v) is 1.44. The van der Waals surface area contributed by atoms with Gasteiger partial charge in [-0.15, -0.1) is 0 Å². The average Bonchev–Trinajstić information content (AvgIpc) is 1.88. The molecule has 62 valence electrons. The predicted octanol–water partition coefficient (Wildman–Crippen LogP) is -1.61. The van der Waals surface area contributed by atoms with E-state index in [9.17, 15) is 4.79 Å². The molecule has 0 aromatic carbocycles. The summed E-state index contributed by atoms with van der Waals surface area (Å²) in [6.07, 6.45) is 0. The first-order valence-corrected chi connectivity index (χ1v) is 2.80. The maximum absolute atomic E-state index is 9.65. The summed E-state index contributed by atoms with van der Waals surface area (Å²) in [5.74, 6) is -1.18. The van der Waals surface area contributed by atoms with Gasteiger partial charge in [0.25, 0.3) is 0 Å². The minimum Gasteiger partial charge on any atom is -0.480 e. The van der Waals surface area contributed by atoms with E-state index in [1.165, 1.54) is 0 Å². The number of hydrogen-bond donors (Lipinski definition) is 4. The van der Waals surface area contributed by atoms with E-state index < -0.39 is 18.6 Å². The summed E-state index contributed by atoms with van der Waals surface area (Å²) in [4.78, 5) is 9.65. The Labute approximate surface area is 59.1 Å². The number of carboxylic acid groups (broad SMARTS) is 1. The number of aliphatic hydroxyl groups is 2. The van der Waals surface area contributed by atoms with E-state index in [0.717, 1.165) is 0 Å². The third-order valence-electron chi connectivity index (χ3n) is 0.514. The van der Waals surface area contributed by atoms with Gasteiger partial charge in [-0.1, -0.05) is 0 Å². The van der Waals surface area contributed by atoms with Crippen molar-refractivity contribution in [2.75, 3.05) is 13.2 Å². The highest BCUT2D eigenvalue weighted by Gasteiger charge is 2.06. The SMILES string of the molecule is CCO.NC(CO)C(=O)O. The third-order valence-corrected chi connectivity index (χ3v) is 0.514. The Morgan fingerprint density at radius 1 is 1.60 bits per heavy atom. The minimum atomic E-state index is -1.18. The van der Waals surface area contributed by atoms with Gasteiger partial charge >= 0.3 is 5.97 Å². The molecule has 0 aromatic heterocycles. The van der Waals surface area contributed by atoms with E-state index in [1.807, 2.05) is 0 Å². The molecule has 0 aliphatic rings. The summed E-state index contributed by atoms with van der Waals surface area (Å²) in [6.45, 7) is 1.43. The molecule has 5 N–H and O–H groups in total. The Balaban J connectivity index is 0. The van der Waals surface area contributed by atoms with Crippen LogP contribution >= 0.6 is 0 Å². The van der Waals surface area contributed by atoms with Gasteiger partial charge in [-0.3, -0.25) is 4.79 Å². The molecule has 0 saturated heterocycles. The minimum absolute atomic E-state index is 0.250. The first-order chi connectivity index (χ1) is 4.59. The maximum Gasteiger partial charge on any atom is 0.322 e. The summed E-state index contributed by atoms with van der Waals surface area (Å²) in [5, 5.41) is 23.5. The fourth-order valence-corrected chi connectivity index (χ4v) is 0.0781. The van der Waals surface area contributed by atoms with Crippen LogP contribution in [0.1, 0.15) is 6.92 Å². The van der Waals surface area contributed by atoms with Gasteiger partial charge in [0.2, 0.25) is 0 Å². The standard InChI is InChI=1S/C3H7NO3.C2H6O/c4-2(1-5)3(6)7;1-2-3/h2,5H,1,4H2,(H,6,7);3H,2H2,1H3. The second-order valence-electron chi connectivity index (χ2n) is 1.44. The smallest absolute Gasteiger partial charge is 0.322 e. The van der Waals surface area contributed by atoms with Crippen LogP contribution < -0.4 is 5.73 Å². The van der Waals surface area contributed by atoms with Gasteiger partial charge < -0.3 is 21.1 Å². The van der Waals surface area contributed by atoms with Gasteiger partial charge in [0.1, 0.15) is 6.04 Å². The molecule has 0 aliphatic carbocycles. The van der Waals surface area contributed by atoms with Crippen LogP contribution in [0.15, 0.2) is 0 Å². The average molecular weight is 151 g/mol. The Hall–Kier alpha value is -0.650. The van der Waals surface area contributed by atoms with Crippen LogP contribution in [-0.4, -0.2) is 40.5 Å². The molecule has 1 atom stereocenters. The van der Waals surface area contributed by atoms with E-state index in [1.54, 1.807) is 6.92 Å². The molecule has 0 radical (unpaired) electrons. The van der Waals surface area contributed by atoms with Crippen molar-refractivity contribution in [2.24, 2.45) is 5.73 Å². The van der Waals surface area contributed by atoms with E-state index in [0.29, 0.717) is 0 Å². The van der Waals surface area contributed by atoms with Crippen molar-refractivity contribution < 1.29 is 20.1 Å². The van der Waals surface area contributed by atoms with Crippen LogP contribution in [0.25, 0.3) is 0 Å². The van der Waals surface area contributed by atoms with Crippen LogP contribution in [-0.2, 0) is 4.79 Å². The largest absolute Gasteiger partial charge is 0.480 e. The molecule has 0 saturated carbocycles. The third kappa shape index (κ3) is 10.4. The number of aliphatic hydroxyl groups excluding tert-OH is 2. The highest BCUT2D eigenvalue weighted by Crippen LogP contribution is 1.71. The molecule has 1 unspecified atom stereocenters. The molecule has 10 heavy (non-hydrogen) atoms. The van der Waals surface area contributed by atoms with Crippen molar-refractivity contribution >= 4 is 5.97 Å². The molecule has 0 spiro atoms. The Morgan fingerprint density at radius 3 is 1.90 bits per heavy atom. The summed E-state index contributed by atoms with van der Waals surface area (Å²) >= 11 is 0. The highest BCUT2D eigenvalue weighted by atomic mass is 16.4. The first kappa shape index (κ1) is 12.1. The quantitative estimate of drug-likeness (QED) is 0.380. The number of carbonyl (C=O) groups is 1. The van der Waals surface area contributed by atoms with Gasteiger partial charge in [0.15, 0.2) is 0 Å². The first-order valence-electron chi connectivity index (χ1n) is 2.80. The predicted molar refractivity (Wildman–Crippen MR) is 35.5 cm³/mol. The monoisotopic (exact) mass is 151 g/mol. The van der Waals surface area contributed by atoms with E-state index in [4.69, 9.17) is 21.1 Å². The van der Waals surface area contributed by atoms with Crippen molar-refractivity contribution in [3.8, 4) is 0 Å². The topological polar surface area (TPSA) is 104 Å². The van der Waals surface area contributed by atoms with Crippen molar-refractivity contribution in [3.63, 3.8) is 0 Å². The van der Waals surface area contributed by atoms with Gasteiger partial charge in [-0.2, -0.15) is 0 Å². The molecule has 0 rings (SSSR count). The molecule has 0 amide bonds. The Kier molecular flexibility index (Phi) is 10.1. The zero-order chi connectivity index (χ0) is 8.57. The molecule has 0 aliphatic heterocycles. The van der Waals surface area contributed by atoms with Gasteiger partial charge in [-0.05, 0) is 6.92 Å². The summed E-state index contributed by atoms with van der Waals surface area (Å²) in [5.41, 5.74) is 4.77. The zero-order valence-corrected chi connectivity index (χ0v) is 5.82. The van der Waals surface area contributed by atoms with Crippen LogP contribution in [0.4, 0.5) is 0 Å². The van der Waals surface area contributed by atoms with Gasteiger partial charge in [0, 0.05) is 6.61 Å². The van der Waals surface area contributed by atoms with Crippen molar-refractivity contribution in [1.29, 1.82) is 0 Å². The lowest BCUT2D eigenvalue weighted by molar-refractivity contribution is -0.139. The highest BCUT2D eigenvalue weighted by molar-refractivity contribution is 5.73. The van der Waals surface area contributed by atoms with Crippen molar-refractivity contribution in [1.82, 2.24) is 0 Å². The van der Waals surface area contributed by atoms with E-state index in [2.05, 4.69) is 0 Å². The fourth-order valence-electron chi connectivity index (χ4n) is 0.0781. The second kappa shape index (κ2) is 8.35. The molecule has 5 nitrogen and oxygen atoms in total. The molecule has 0 aromatic rings. The molecular weight excluding hydrogens is 138 g/mol. The fraction of sp³-hybridized carbons (Fsp3) is 0.800. The lowest BCUT2D eigenvalue weighted by Crippen LogP contribution is -2.33. The lowest BCUT2D eigenvalue weighted by Gasteiger charge is -1.96. The van der Waals surface area contributed by atoms with Crippen molar-refractivity contribution in [2.45, 2.75) is 13.0 Å².